The van der Waals surface area contributed by atoms with Gasteiger partial charge in [-0.2, -0.15) is 0 Å². The van der Waals surface area contributed by atoms with Crippen LogP contribution >= 0.6 is 35.0 Å². The van der Waals surface area contributed by atoms with E-state index >= 15 is 0 Å². The Morgan fingerprint density at radius 1 is 0.970 bits per heavy atom. The fourth-order valence-corrected chi connectivity index (χ4v) is 6.71. The second-order valence-corrected chi connectivity index (χ2v) is 11.6. The van der Waals surface area contributed by atoms with Gasteiger partial charge in [-0.15, -0.1) is 11.8 Å². The standard InChI is InChI=1S/C26H22Cl2N2O2S/c1-25(2)16-30(23(31)17-11-13-19(27)14-12-17)26(33-25)20-8-4-6-10-22(20)29(24(26)32)15-18-7-3-5-9-21(18)28/h3-14H,15-16H2,1-2H3. The number of para-hydroxylation sites is 1. The van der Waals surface area contributed by atoms with Gasteiger partial charge in [0, 0.05) is 32.5 Å². The quantitative estimate of drug-likeness (QED) is 0.423. The number of carbonyl (C=O) groups is 2. The molecule has 1 saturated heterocycles. The monoisotopic (exact) mass is 496 g/mol. The predicted octanol–water partition coefficient (Wildman–Crippen LogP) is 6.36. The molecule has 1 atom stereocenters. The van der Waals surface area contributed by atoms with Crippen molar-refractivity contribution in [3.63, 3.8) is 0 Å². The molecule has 33 heavy (non-hydrogen) atoms. The summed E-state index contributed by atoms with van der Waals surface area (Å²) in [6.45, 7) is 4.92. The van der Waals surface area contributed by atoms with Crippen molar-refractivity contribution in [3.05, 3.63) is 99.5 Å². The summed E-state index contributed by atoms with van der Waals surface area (Å²) in [5, 5.41) is 1.17. The molecule has 0 aromatic heterocycles. The molecular weight excluding hydrogens is 475 g/mol. The zero-order valence-corrected chi connectivity index (χ0v) is 20.5. The lowest BCUT2D eigenvalue weighted by atomic mass is 10.0. The maximum Gasteiger partial charge on any atom is 0.268 e. The number of fused-ring (bicyclic) bond motifs is 2. The van der Waals surface area contributed by atoms with Crippen LogP contribution in [0.5, 0.6) is 0 Å². The van der Waals surface area contributed by atoms with Gasteiger partial charge in [-0.25, -0.2) is 0 Å². The Kier molecular flexibility index (Phi) is 5.47. The summed E-state index contributed by atoms with van der Waals surface area (Å²) in [5.41, 5.74) is 3.01. The summed E-state index contributed by atoms with van der Waals surface area (Å²) in [7, 11) is 0. The number of nitrogens with zero attached hydrogens (tertiary/aromatic N) is 2. The van der Waals surface area contributed by atoms with Crippen LogP contribution in [0.1, 0.15) is 35.3 Å². The van der Waals surface area contributed by atoms with Crippen molar-refractivity contribution in [1.82, 2.24) is 4.90 Å². The maximum absolute atomic E-state index is 14.2. The highest BCUT2D eigenvalue weighted by Gasteiger charge is 2.63. The number of thioether (sulfide) groups is 1. The minimum atomic E-state index is -1.14. The Hall–Kier alpha value is -2.47. The second kappa shape index (κ2) is 8.08. The molecule has 0 N–H and O–H groups in total. The molecule has 0 bridgehead atoms. The van der Waals surface area contributed by atoms with Crippen molar-refractivity contribution < 1.29 is 9.59 Å². The Labute approximate surface area is 207 Å². The molecule has 1 unspecified atom stereocenters. The topological polar surface area (TPSA) is 40.6 Å². The molecule has 0 radical (unpaired) electrons. The average molecular weight is 497 g/mol. The molecule has 3 aromatic rings. The van der Waals surface area contributed by atoms with Gasteiger partial charge >= 0.3 is 0 Å². The summed E-state index contributed by atoms with van der Waals surface area (Å²) in [4.78, 5) is 30.3. The summed E-state index contributed by atoms with van der Waals surface area (Å²) >= 11 is 14.0. The van der Waals surface area contributed by atoms with E-state index in [1.54, 1.807) is 34.1 Å². The summed E-state index contributed by atoms with van der Waals surface area (Å²) in [6, 6.07) is 22.1. The minimum absolute atomic E-state index is 0.124. The van der Waals surface area contributed by atoms with E-state index in [1.807, 2.05) is 48.5 Å². The first-order chi connectivity index (χ1) is 15.7. The van der Waals surface area contributed by atoms with Crippen LogP contribution in [0.15, 0.2) is 72.8 Å². The van der Waals surface area contributed by atoms with Gasteiger partial charge in [-0.3, -0.25) is 9.59 Å². The molecule has 2 aliphatic heterocycles. The maximum atomic E-state index is 14.2. The number of halogens is 2. The summed E-state index contributed by atoms with van der Waals surface area (Å²) < 4.78 is -0.314. The molecule has 2 amide bonds. The number of rotatable bonds is 3. The predicted molar refractivity (Wildman–Crippen MR) is 135 cm³/mol. The lowest BCUT2D eigenvalue weighted by molar-refractivity contribution is -0.123. The smallest absolute Gasteiger partial charge is 0.268 e. The number of hydrogen-bond donors (Lipinski definition) is 0. The molecule has 1 spiro atoms. The van der Waals surface area contributed by atoms with Crippen molar-refractivity contribution in [3.8, 4) is 0 Å². The van der Waals surface area contributed by atoms with Crippen molar-refractivity contribution in [1.29, 1.82) is 0 Å². The number of hydrogen-bond acceptors (Lipinski definition) is 3. The third-order valence-corrected chi connectivity index (χ3v) is 8.27. The molecule has 2 aliphatic rings. The third-order valence-electron chi connectivity index (χ3n) is 6.06. The molecule has 0 saturated carbocycles. The molecule has 4 nitrogen and oxygen atoms in total. The fraction of sp³-hybridized carbons (Fsp3) is 0.231. The molecule has 2 heterocycles. The first-order valence-electron chi connectivity index (χ1n) is 10.7. The van der Waals surface area contributed by atoms with Crippen LogP contribution in [0.2, 0.25) is 10.0 Å². The first kappa shape index (κ1) is 22.3. The Morgan fingerprint density at radius 3 is 2.36 bits per heavy atom. The van der Waals surface area contributed by atoms with Gasteiger partial charge in [-0.05, 0) is 55.8 Å². The van der Waals surface area contributed by atoms with E-state index in [0.29, 0.717) is 28.7 Å². The Morgan fingerprint density at radius 2 is 1.64 bits per heavy atom. The molecule has 7 heteroatoms. The van der Waals surface area contributed by atoms with Crippen LogP contribution in [0.4, 0.5) is 5.69 Å². The minimum Gasteiger partial charge on any atom is -0.310 e. The van der Waals surface area contributed by atoms with Gasteiger partial charge in [0.1, 0.15) is 0 Å². The number of benzene rings is 3. The van der Waals surface area contributed by atoms with Gasteiger partial charge in [0.05, 0.1) is 12.2 Å². The van der Waals surface area contributed by atoms with E-state index in [9.17, 15) is 9.59 Å². The van der Waals surface area contributed by atoms with Crippen LogP contribution in [0, 0.1) is 0 Å². The largest absolute Gasteiger partial charge is 0.310 e. The molecule has 0 aliphatic carbocycles. The highest BCUT2D eigenvalue weighted by atomic mass is 35.5. The summed E-state index contributed by atoms with van der Waals surface area (Å²) in [5.74, 6) is -0.311. The number of anilines is 1. The van der Waals surface area contributed by atoms with Crippen molar-refractivity contribution in [2.75, 3.05) is 11.4 Å². The van der Waals surface area contributed by atoms with E-state index < -0.39 is 4.87 Å². The zero-order chi connectivity index (χ0) is 23.4. The van der Waals surface area contributed by atoms with E-state index in [2.05, 4.69) is 13.8 Å². The molecular formula is C26H22Cl2N2O2S. The SMILES string of the molecule is CC1(C)CN(C(=O)c2ccc(Cl)cc2)C2(S1)C(=O)N(Cc1ccccc1Cl)c1ccccc12. The Balaban J connectivity index is 1.63. The van der Waals surface area contributed by atoms with Gasteiger partial charge < -0.3 is 9.80 Å². The molecule has 1 fully saturated rings. The van der Waals surface area contributed by atoms with Gasteiger partial charge in [0.25, 0.3) is 11.8 Å². The van der Waals surface area contributed by atoms with Crippen molar-refractivity contribution in [2.24, 2.45) is 0 Å². The normalized spacial score (nSPS) is 21.0. The highest BCUT2D eigenvalue weighted by Crippen LogP contribution is 2.60. The van der Waals surface area contributed by atoms with Crippen molar-refractivity contribution in [2.45, 2.75) is 30.0 Å². The van der Waals surface area contributed by atoms with Gasteiger partial charge in [0.2, 0.25) is 0 Å². The van der Waals surface area contributed by atoms with Gasteiger partial charge in [-0.1, -0.05) is 59.6 Å². The highest BCUT2D eigenvalue weighted by molar-refractivity contribution is 8.02. The lowest BCUT2D eigenvalue weighted by Crippen LogP contribution is -2.50. The summed E-state index contributed by atoms with van der Waals surface area (Å²) in [6.07, 6.45) is 0. The molecule has 168 valence electrons. The van der Waals surface area contributed by atoms with Crippen LogP contribution < -0.4 is 4.90 Å². The Bertz CT molecular complexity index is 1260. The van der Waals surface area contributed by atoms with Crippen LogP contribution in [0.3, 0.4) is 0 Å². The van der Waals surface area contributed by atoms with Crippen LogP contribution in [-0.2, 0) is 16.2 Å². The van der Waals surface area contributed by atoms with E-state index in [1.165, 1.54) is 11.8 Å². The lowest BCUT2D eigenvalue weighted by Gasteiger charge is -2.33. The fourth-order valence-electron chi connectivity index (χ4n) is 4.66. The third kappa shape index (κ3) is 3.63. The average Bonchev–Trinajstić information content (AvgIpc) is 3.21. The van der Waals surface area contributed by atoms with Crippen LogP contribution in [-0.4, -0.2) is 28.0 Å². The van der Waals surface area contributed by atoms with Gasteiger partial charge in [0.15, 0.2) is 4.87 Å². The molecule has 3 aromatic carbocycles. The zero-order valence-electron chi connectivity index (χ0n) is 18.2. The van der Waals surface area contributed by atoms with E-state index in [4.69, 9.17) is 23.2 Å². The second-order valence-electron chi connectivity index (χ2n) is 8.90. The van der Waals surface area contributed by atoms with E-state index in [-0.39, 0.29) is 16.6 Å². The molecule has 5 rings (SSSR count). The number of carbonyl (C=O) groups excluding carboxylic acids is 2. The van der Waals surface area contributed by atoms with Crippen LogP contribution in [0.25, 0.3) is 0 Å². The first-order valence-corrected chi connectivity index (χ1v) is 12.2. The van der Waals surface area contributed by atoms with Crippen molar-refractivity contribution >= 4 is 52.5 Å². The van der Waals surface area contributed by atoms with E-state index in [0.717, 1.165) is 16.8 Å². The number of amides is 2.